The van der Waals surface area contributed by atoms with Gasteiger partial charge in [0.1, 0.15) is 0 Å². The zero-order valence-electron chi connectivity index (χ0n) is 14.8. The monoisotopic (exact) mass is 400 g/mol. The Morgan fingerprint density at radius 1 is 1.07 bits per heavy atom. The van der Waals surface area contributed by atoms with Gasteiger partial charge in [0, 0.05) is 26.9 Å². The van der Waals surface area contributed by atoms with E-state index >= 15 is 0 Å². The van der Waals surface area contributed by atoms with E-state index in [0.29, 0.717) is 23.7 Å². The van der Waals surface area contributed by atoms with E-state index < -0.39 is 0 Å². The Balaban J connectivity index is 1.49. The van der Waals surface area contributed by atoms with Crippen LogP contribution in [0, 0.1) is 0 Å². The predicted octanol–water partition coefficient (Wildman–Crippen LogP) is 4.46. The lowest BCUT2D eigenvalue weighted by Gasteiger charge is -2.38. The number of aliphatic hydroxyl groups excluding tert-OH is 1. The van der Waals surface area contributed by atoms with Crippen molar-refractivity contribution in [3.05, 3.63) is 47.5 Å². The lowest BCUT2D eigenvalue weighted by atomic mass is 10.00. The van der Waals surface area contributed by atoms with Gasteiger partial charge >= 0.3 is 0 Å². The molecule has 1 N–H and O–H groups in total. The van der Waals surface area contributed by atoms with Crippen molar-refractivity contribution in [3.8, 4) is 0 Å². The Kier molecular flexibility index (Phi) is 4.43. The van der Waals surface area contributed by atoms with Crippen molar-refractivity contribution in [2.45, 2.75) is 53.7 Å². The Hall–Kier alpha value is -1.53. The first-order valence-corrected chi connectivity index (χ1v) is 10.6. The van der Waals surface area contributed by atoms with E-state index in [0.717, 1.165) is 46.8 Å². The van der Waals surface area contributed by atoms with Crippen molar-refractivity contribution in [2.24, 2.45) is 0 Å². The minimum absolute atomic E-state index is 0.0690. The third-order valence-electron chi connectivity index (χ3n) is 5.91. The van der Waals surface area contributed by atoms with Gasteiger partial charge < -0.3 is 5.11 Å². The molecule has 4 nitrogen and oxygen atoms in total. The summed E-state index contributed by atoms with van der Waals surface area (Å²) in [7, 11) is 0. The molecule has 0 radical (unpaired) electrons. The highest BCUT2D eigenvalue weighted by molar-refractivity contribution is 7.99. The van der Waals surface area contributed by atoms with E-state index in [-0.39, 0.29) is 12.0 Å². The maximum Gasteiger partial charge on any atom is 0.245 e. The number of fused-ring (bicyclic) bond motifs is 4. The molecule has 2 saturated heterocycles. The molecule has 0 aromatic heterocycles. The van der Waals surface area contributed by atoms with Crippen molar-refractivity contribution in [1.29, 1.82) is 0 Å². The lowest BCUT2D eigenvalue weighted by Crippen LogP contribution is -2.49. The summed E-state index contributed by atoms with van der Waals surface area (Å²) >= 11 is 7.93. The third kappa shape index (κ3) is 3.07. The molecule has 140 valence electrons. The van der Waals surface area contributed by atoms with Crippen LogP contribution in [0.3, 0.4) is 0 Å². The van der Waals surface area contributed by atoms with Crippen molar-refractivity contribution >= 4 is 40.6 Å². The SMILES string of the molecule is O=C(CN1[C@@H]2CC[C@H]1CC(O)C2)N1c2ccccc2Sc2ccc(Cl)cc21. The second-order valence-corrected chi connectivity index (χ2v) is 9.11. The van der Waals surface area contributed by atoms with E-state index in [4.69, 9.17) is 11.6 Å². The number of anilines is 2. The van der Waals surface area contributed by atoms with Gasteiger partial charge in [0.2, 0.25) is 5.91 Å². The number of rotatable bonds is 2. The van der Waals surface area contributed by atoms with E-state index in [1.165, 1.54) is 0 Å². The first-order valence-electron chi connectivity index (χ1n) is 9.43. The van der Waals surface area contributed by atoms with Crippen molar-refractivity contribution < 1.29 is 9.90 Å². The number of halogens is 1. The number of carbonyl (C=O) groups is 1. The Morgan fingerprint density at radius 2 is 1.78 bits per heavy atom. The van der Waals surface area contributed by atoms with Crippen LogP contribution in [0.2, 0.25) is 5.02 Å². The lowest BCUT2D eigenvalue weighted by molar-refractivity contribution is -0.120. The minimum Gasteiger partial charge on any atom is -0.393 e. The maximum atomic E-state index is 13.5. The molecule has 5 rings (SSSR count). The molecule has 2 fully saturated rings. The number of para-hydroxylation sites is 1. The molecule has 3 aliphatic rings. The Labute approximate surface area is 168 Å². The highest BCUT2D eigenvalue weighted by Gasteiger charge is 2.42. The molecule has 0 saturated carbocycles. The predicted molar refractivity (Wildman–Crippen MR) is 108 cm³/mol. The van der Waals surface area contributed by atoms with Gasteiger partial charge in [-0.15, -0.1) is 0 Å². The minimum atomic E-state index is -0.222. The molecule has 27 heavy (non-hydrogen) atoms. The van der Waals surface area contributed by atoms with Crippen LogP contribution in [-0.4, -0.2) is 40.6 Å². The number of amides is 1. The van der Waals surface area contributed by atoms with E-state index in [2.05, 4.69) is 11.0 Å². The van der Waals surface area contributed by atoms with E-state index in [9.17, 15) is 9.90 Å². The molecule has 1 amide bonds. The number of hydrogen-bond acceptors (Lipinski definition) is 4. The first-order chi connectivity index (χ1) is 13.1. The largest absolute Gasteiger partial charge is 0.393 e. The van der Waals surface area contributed by atoms with Crippen LogP contribution in [0.4, 0.5) is 11.4 Å². The molecule has 3 aliphatic heterocycles. The summed E-state index contributed by atoms with van der Waals surface area (Å²) in [6, 6.07) is 14.4. The Bertz CT molecular complexity index is 892. The molecular formula is C21H21ClN2O2S. The molecule has 1 unspecified atom stereocenters. The molecule has 2 aromatic rings. The average Bonchev–Trinajstić information content (AvgIpc) is 2.89. The van der Waals surface area contributed by atoms with Gasteiger partial charge in [-0.25, -0.2) is 0 Å². The third-order valence-corrected chi connectivity index (χ3v) is 7.28. The molecule has 2 aromatic carbocycles. The number of benzene rings is 2. The van der Waals surface area contributed by atoms with Crippen molar-refractivity contribution in [1.82, 2.24) is 4.90 Å². The number of carbonyl (C=O) groups excluding carboxylic acids is 1. The summed E-state index contributed by atoms with van der Waals surface area (Å²) in [6.45, 7) is 0.382. The number of aliphatic hydroxyl groups is 1. The maximum absolute atomic E-state index is 13.5. The normalized spacial score (nSPS) is 26.6. The van der Waals surface area contributed by atoms with Gasteiger partial charge in [0.05, 0.1) is 24.0 Å². The molecule has 0 aliphatic carbocycles. The van der Waals surface area contributed by atoms with Crippen LogP contribution < -0.4 is 4.90 Å². The fraction of sp³-hybridized carbons (Fsp3) is 0.381. The van der Waals surface area contributed by atoms with Gasteiger partial charge in [-0.1, -0.05) is 35.5 Å². The van der Waals surface area contributed by atoms with Crippen LogP contribution in [0.25, 0.3) is 0 Å². The fourth-order valence-corrected chi connectivity index (χ4v) is 5.93. The van der Waals surface area contributed by atoms with Gasteiger partial charge in [0.15, 0.2) is 0 Å². The second kappa shape index (κ2) is 6.82. The highest BCUT2D eigenvalue weighted by Crippen LogP contribution is 2.49. The van der Waals surface area contributed by atoms with Crippen LogP contribution in [-0.2, 0) is 4.79 Å². The fourth-order valence-electron chi connectivity index (χ4n) is 4.73. The number of piperidine rings is 1. The highest BCUT2D eigenvalue weighted by atomic mass is 35.5. The summed E-state index contributed by atoms with van der Waals surface area (Å²) in [5.74, 6) is 0.0690. The quantitative estimate of drug-likeness (QED) is 0.808. The van der Waals surface area contributed by atoms with Gasteiger partial charge in [-0.2, -0.15) is 0 Å². The van der Waals surface area contributed by atoms with Crippen LogP contribution in [0.1, 0.15) is 25.7 Å². The molecule has 6 heteroatoms. The zero-order chi connectivity index (χ0) is 18.5. The van der Waals surface area contributed by atoms with Crippen LogP contribution in [0.15, 0.2) is 52.3 Å². The second-order valence-electron chi connectivity index (χ2n) is 7.59. The number of nitrogens with zero attached hydrogens (tertiary/aromatic N) is 2. The van der Waals surface area contributed by atoms with Gasteiger partial charge in [-0.05, 0) is 56.0 Å². The van der Waals surface area contributed by atoms with Crippen molar-refractivity contribution in [2.75, 3.05) is 11.4 Å². The van der Waals surface area contributed by atoms with Crippen molar-refractivity contribution in [3.63, 3.8) is 0 Å². The zero-order valence-corrected chi connectivity index (χ0v) is 16.4. The van der Waals surface area contributed by atoms with E-state index in [1.807, 2.05) is 41.3 Å². The smallest absolute Gasteiger partial charge is 0.245 e. The Morgan fingerprint density at radius 3 is 2.56 bits per heavy atom. The van der Waals surface area contributed by atoms with Gasteiger partial charge in [0.25, 0.3) is 0 Å². The standard InChI is InChI=1S/C21H21ClN2O2S/c22-13-5-8-20-18(9-13)24(17-3-1-2-4-19(17)27-20)21(26)12-23-14-6-7-15(23)11-16(25)10-14/h1-5,8-9,14-16,25H,6-7,10-12H2/t14-,15+,16?. The average molecular weight is 401 g/mol. The summed E-state index contributed by atoms with van der Waals surface area (Å²) < 4.78 is 0. The summed E-state index contributed by atoms with van der Waals surface area (Å²) in [4.78, 5) is 19.7. The summed E-state index contributed by atoms with van der Waals surface area (Å²) in [6.07, 6.45) is 3.48. The molecule has 0 spiro atoms. The number of hydrogen-bond donors (Lipinski definition) is 1. The van der Waals surface area contributed by atoms with Gasteiger partial charge in [-0.3, -0.25) is 14.6 Å². The first kappa shape index (κ1) is 17.6. The van der Waals surface area contributed by atoms with Crippen LogP contribution in [0.5, 0.6) is 0 Å². The molecular weight excluding hydrogens is 380 g/mol. The summed E-state index contributed by atoms with van der Waals surface area (Å²) in [5, 5.41) is 10.7. The topological polar surface area (TPSA) is 43.8 Å². The van der Waals surface area contributed by atoms with E-state index in [1.54, 1.807) is 11.8 Å². The van der Waals surface area contributed by atoms with Crippen LogP contribution >= 0.6 is 23.4 Å². The summed E-state index contributed by atoms with van der Waals surface area (Å²) in [5.41, 5.74) is 1.78. The molecule has 3 atom stereocenters. The molecule has 3 heterocycles. The molecule has 2 bridgehead atoms.